The third-order valence-electron chi connectivity index (χ3n) is 7.38. The molecule has 6 rings (SSSR count). The third kappa shape index (κ3) is 4.69. The Morgan fingerprint density at radius 2 is 1.81 bits per heavy atom. The van der Waals surface area contributed by atoms with Crippen LogP contribution in [0.4, 0.5) is 5.69 Å². The number of rotatable bonds is 6. The fourth-order valence-electron chi connectivity index (χ4n) is 5.04. The molecule has 0 radical (unpaired) electrons. The Bertz CT molecular complexity index is 1630. The lowest BCUT2D eigenvalue weighted by atomic mass is 9.77. The highest BCUT2D eigenvalue weighted by Crippen LogP contribution is 2.41. The van der Waals surface area contributed by atoms with E-state index in [1.165, 1.54) is 12.1 Å². The minimum Gasteiger partial charge on any atom is -0.345 e. The van der Waals surface area contributed by atoms with Crippen LogP contribution in [0, 0.1) is 0 Å². The SMILES string of the molecule is O=C(NC1C=CS(=O)(=O)C1)c1cc2ccc(C3CCC3)c(C(=O)Nc3cncc(C4CC4)c3)c2[nH]c1=O. The summed E-state index contributed by atoms with van der Waals surface area (Å²) in [7, 11) is -3.35. The van der Waals surface area contributed by atoms with Gasteiger partial charge < -0.3 is 15.6 Å². The van der Waals surface area contributed by atoms with Crippen molar-refractivity contribution in [3.63, 3.8) is 0 Å². The van der Waals surface area contributed by atoms with E-state index in [-0.39, 0.29) is 23.1 Å². The first-order chi connectivity index (χ1) is 17.8. The molecule has 3 aromatic rings. The van der Waals surface area contributed by atoms with Crippen molar-refractivity contribution in [3.05, 3.63) is 80.8 Å². The van der Waals surface area contributed by atoms with Gasteiger partial charge in [0.1, 0.15) is 5.56 Å². The molecule has 2 fully saturated rings. The molecule has 190 valence electrons. The molecule has 0 bridgehead atoms. The molecule has 2 aromatic heterocycles. The van der Waals surface area contributed by atoms with Gasteiger partial charge in [0.2, 0.25) is 0 Å². The number of benzene rings is 1. The standard InChI is InChI=1S/C27H26N4O5S/c32-25(29-19-8-9-37(35,36)14-19)22-11-17-6-7-21(16-2-1-3-16)23(24(17)31-26(22)33)27(34)30-20-10-18(12-28-13-20)15-4-5-15/h6-13,15-16,19H,1-5,14H2,(H,29,32)(H,30,34)(H,31,33). The Morgan fingerprint density at radius 1 is 1.00 bits per heavy atom. The molecule has 3 N–H and O–H groups in total. The van der Waals surface area contributed by atoms with Crippen molar-refractivity contribution in [3.8, 4) is 0 Å². The topological polar surface area (TPSA) is 138 Å². The second-order valence-corrected chi connectivity index (χ2v) is 12.0. The predicted octanol–water partition coefficient (Wildman–Crippen LogP) is 3.36. The van der Waals surface area contributed by atoms with Crippen LogP contribution in [0.15, 0.2) is 52.9 Å². The molecule has 0 saturated heterocycles. The molecular weight excluding hydrogens is 492 g/mol. The van der Waals surface area contributed by atoms with E-state index in [0.29, 0.717) is 28.1 Å². The monoisotopic (exact) mass is 518 g/mol. The highest BCUT2D eigenvalue weighted by Gasteiger charge is 2.29. The van der Waals surface area contributed by atoms with E-state index in [1.54, 1.807) is 6.20 Å². The van der Waals surface area contributed by atoms with Crippen molar-refractivity contribution < 1.29 is 18.0 Å². The molecule has 37 heavy (non-hydrogen) atoms. The number of pyridine rings is 2. The molecule has 3 heterocycles. The van der Waals surface area contributed by atoms with Crippen molar-refractivity contribution in [2.45, 2.75) is 50.0 Å². The van der Waals surface area contributed by atoms with Gasteiger partial charge in [-0.05, 0) is 72.2 Å². The lowest BCUT2D eigenvalue weighted by Crippen LogP contribution is -2.38. The number of H-pyrrole nitrogens is 1. The minimum absolute atomic E-state index is 0.144. The van der Waals surface area contributed by atoms with Crippen LogP contribution in [0.2, 0.25) is 0 Å². The zero-order valence-electron chi connectivity index (χ0n) is 20.0. The van der Waals surface area contributed by atoms with E-state index < -0.39 is 27.3 Å². The second kappa shape index (κ2) is 8.95. The molecule has 10 heteroatoms. The molecule has 0 spiro atoms. The van der Waals surface area contributed by atoms with Gasteiger partial charge in [-0.25, -0.2) is 8.42 Å². The van der Waals surface area contributed by atoms with Crippen molar-refractivity contribution in [1.82, 2.24) is 15.3 Å². The molecule has 9 nitrogen and oxygen atoms in total. The van der Waals surface area contributed by atoms with Crippen LogP contribution in [-0.4, -0.2) is 42.0 Å². The number of fused-ring (bicyclic) bond motifs is 1. The van der Waals surface area contributed by atoms with E-state index in [9.17, 15) is 22.8 Å². The van der Waals surface area contributed by atoms with E-state index in [0.717, 1.165) is 48.6 Å². The van der Waals surface area contributed by atoms with Crippen LogP contribution in [-0.2, 0) is 9.84 Å². The quantitative estimate of drug-likeness (QED) is 0.457. The number of hydrogen-bond donors (Lipinski definition) is 3. The first-order valence-corrected chi connectivity index (χ1v) is 14.2. The van der Waals surface area contributed by atoms with Crippen LogP contribution in [0.25, 0.3) is 10.9 Å². The summed E-state index contributed by atoms with van der Waals surface area (Å²) < 4.78 is 23.3. The summed E-state index contributed by atoms with van der Waals surface area (Å²) in [6, 6.07) is 6.40. The van der Waals surface area contributed by atoms with Crippen LogP contribution in [0.3, 0.4) is 0 Å². The summed E-state index contributed by atoms with van der Waals surface area (Å²) in [4.78, 5) is 46.5. The van der Waals surface area contributed by atoms with Gasteiger partial charge in [0.25, 0.3) is 17.4 Å². The van der Waals surface area contributed by atoms with Crippen LogP contribution >= 0.6 is 0 Å². The Kier molecular flexibility index (Phi) is 5.71. The van der Waals surface area contributed by atoms with Gasteiger partial charge in [-0.2, -0.15) is 0 Å². The lowest BCUT2D eigenvalue weighted by molar-refractivity contribution is 0.0945. The third-order valence-corrected chi connectivity index (χ3v) is 8.78. The maximum absolute atomic E-state index is 13.6. The van der Waals surface area contributed by atoms with Gasteiger partial charge in [0.05, 0.1) is 34.8 Å². The number of anilines is 1. The smallest absolute Gasteiger partial charge is 0.261 e. The van der Waals surface area contributed by atoms with Gasteiger partial charge in [0, 0.05) is 11.6 Å². The second-order valence-electron chi connectivity index (χ2n) is 10.1. The van der Waals surface area contributed by atoms with Crippen LogP contribution in [0.1, 0.15) is 75.8 Å². The summed E-state index contributed by atoms with van der Waals surface area (Å²) in [6.45, 7) is 0. The summed E-state index contributed by atoms with van der Waals surface area (Å²) in [5.74, 6) is -0.531. The maximum atomic E-state index is 13.6. The number of carbonyl (C=O) groups is 2. The fraction of sp³-hybridized carbons (Fsp3) is 0.333. The molecule has 1 aromatic carbocycles. The fourth-order valence-corrected chi connectivity index (χ4v) is 6.27. The molecule has 3 aliphatic rings. The Labute approximate surface area is 213 Å². The summed E-state index contributed by atoms with van der Waals surface area (Å²) >= 11 is 0. The van der Waals surface area contributed by atoms with Gasteiger partial charge in [-0.15, -0.1) is 0 Å². The van der Waals surface area contributed by atoms with Crippen molar-refractivity contribution >= 4 is 38.2 Å². The number of amides is 2. The highest BCUT2D eigenvalue weighted by atomic mass is 32.2. The number of aromatic nitrogens is 2. The number of carbonyl (C=O) groups excluding carboxylic acids is 2. The highest BCUT2D eigenvalue weighted by molar-refractivity contribution is 7.94. The Hall–Kier alpha value is -3.79. The number of sulfone groups is 1. The van der Waals surface area contributed by atoms with Crippen molar-refractivity contribution in [1.29, 1.82) is 0 Å². The van der Waals surface area contributed by atoms with Crippen molar-refractivity contribution in [2.24, 2.45) is 0 Å². The maximum Gasteiger partial charge on any atom is 0.261 e. The van der Waals surface area contributed by atoms with Gasteiger partial charge in [-0.3, -0.25) is 19.4 Å². The normalized spacial score (nSPS) is 20.5. The van der Waals surface area contributed by atoms with Crippen molar-refractivity contribution in [2.75, 3.05) is 11.1 Å². The summed E-state index contributed by atoms with van der Waals surface area (Å²) in [6.07, 6.45) is 10.1. The molecule has 2 aliphatic carbocycles. The minimum atomic E-state index is -3.35. The molecular formula is C27H26N4O5S. The predicted molar refractivity (Wildman–Crippen MR) is 140 cm³/mol. The lowest BCUT2D eigenvalue weighted by Gasteiger charge is -2.28. The number of hydrogen-bond acceptors (Lipinski definition) is 6. The number of nitrogens with one attached hydrogen (secondary N) is 3. The molecule has 1 aliphatic heterocycles. The van der Waals surface area contributed by atoms with E-state index >= 15 is 0 Å². The number of aromatic amines is 1. The average molecular weight is 519 g/mol. The van der Waals surface area contributed by atoms with Crippen LogP contribution in [0.5, 0.6) is 0 Å². The zero-order valence-corrected chi connectivity index (χ0v) is 20.8. The van der Waals surface area contributed by atoms with Gasteiger partial charge in [-0.1, -0.05) is 18.6 Å². The van der Waals surface area contributed by atoms with Gasteiger partial charge >= 0.3 is 0 Å². The van der Waals surface area contributed by atoms with E-state index in [1.807, 2.05) is 24.4 Å². The Morgan fingerprint density at radius 3 is 2.49 bits per heavy atom. The first kappa shape index (κ1) is 23.6. The molecule has 1 atom stereocenters. The molecule has 2 amide bonds. The average Bonchev–Trinajstić information content (AvgIpc) is 3.61. The largest absolute Gasteiger partial charge is 0.345 e. The Balaban J connectivity index is 1.35. The first-order valence-electron chi connectivity index (χ1n) is 12.5. The molecule has 2 saturated carbocycles. The zero-order chi connectivity index (χ0) is 25.7. The molecule has 1 unspecified atom stereocenters. The van der Waals surface area contributed by atoms with Crippen LogP contribution < -0.4 is 16.2 Å². The van der Waals surface area contributed by atoms with E-state index in [2.05, 4.69) is 20.6 Å². The number of nitrogens with zero attached hydrogens (tertiary/aromatic N) is 1. The van der Waals surface area contributed by atoms with E-state index in [4.69, 9.17) is 0 Å². The van der Waals surface area contributed by atoms with Gasteiger partial charge in [0.15, 0.2) is 9.84 Å². The summed E-state index contributed by atoms with van der Waals surface area (Å²) in [5, 5.41) is 7.14. The summed E-state index contributed by atoms with van der Waals surface area (Å²) in [5.41, 5.74) is 2.55.